The first-order valence-electron chi connectivity index (χ1n) is 6.22. The molecule has 3 rings (SSSR count). The fraction of sp³-hybridized carbons (Fsp3) is 0.462. The Balaban J connectivity index is 1.78. The maximum Gasteiger partial charge on any atom is 0.184 e. The smallest absolute Gasteiger partial charge is 0.184 e. The van der Waals surface area contributed by atoms with Gasteiger partial charge < -0.3 is 10.2 Å². The van der Waals surface area contributed by atoms with Gasteiger partial charge in [0.2, 0.25) is 0 Å². The predicted molar refractivity (Wildman–Crippen MR) is 73.7 cm³/mol. The molecule has 0 amide bonds. The normalized spacial score (nSPS) is 21.3. The van der Waals surface area contributed by atoms with Crippen molar-refractivity contribution in [3.63, 3.8) is 0 Å². The molecule has 1 aliphatic heterocycles. The van der Waals surface area contributed by atoms with Crippen LogP contribution in [0.5, 0.6) is 0 Å². The van der Waals surface area contributed by atoms with E-state index in [9.17, 15) is 4.39 Å². The van der Waals surface area contributed by atoms with Crippen molar-refractivity contribution in [2.45, 2.75) is 18.9 Å². The van der Waals surface area contributed by atoms with Gasteiger partial charge in [0.1, 0.15) is 5.82 Å². The second-order valence-corrected chi connectivity index (χ2v) is 5.91. The summed E-state index contributed by atoms with van der Waals surface area (Å²) in [7, 11) is 2.14. The number of nitrogens with zero attached hydrogens (tertiary/aromatic N) is 2. The summed E-state index contributed by atoms with van der Waals surface area (Å²) in [4.78, 5) is 6.82. The standard InChI is InChI=1S/C13H16FN3S/c1-17-6-2-3-10(8-17)15-13-16-11-5-4-9(14)7-12(11)18-13/h4-5,7,10H,2-3,6,8H2,1H3,(H,15,16). The zero-order chi connectivity index (χ0) is 12.5. The van der Waals surface area contributed by atoms with Crippen LogP contribution in [0.15, 0.2) is 18.2 Å². The van der Waals surface area contributed by atoms with E-state index in [1.807, 2.05) is 0 Å². The zero-order valence-electron chi connectivity index (χ0n) is 10.3. The summed E-state index contributed by atoms with van der Waals surface area (Å²) in [5, 5.41) is 4.36. The molecule has 3 nitrogen and oxygen atoms in total. The van der Waals surface area contributed by atoms with E-state index in [4.69, 9.17) is 0 Å². The summed E-state index contributed by atoms with van der Waals surface area (Å²) in [6.45, 7) is 2.22. The van der Waals surface area contributed by atoms with Crippen molar-refractivity contribution >= 4 is 26.7 Å². The molecule has 96 valence electrons. The molecule has 0 saturated carbocycles. The first kappa shape index (κ1) is 11.9. The fourth-order valence-electron chi connectivity index (χ4n) is 2.42. The van der Waals surface area contributed by atoms with Crippen LogP contribution < -0.4 is 5.32 Å². The Morgan fingerprint density at radius 1 is 1.50 bits per heavy atom. The van der Waals surface area contributed by atoms with Crippen molar-refractivity contribution in [2.24, 2.45) is 0 Å². The highest BCUT2D eigenvalue weighted by Gasteiger charge is 2.18. The summed E-state index contributed by atoms with van der Waals surface area (Å²) < 4.78 is 14.0. The number of fused-ring (bicyclic) bond motifs is 1. The number of halogens is 1. The minimum Gasteiger partial charge on any atom is -0.357 e. The molecule has 0 aliphatic carbocycles. The summed E-state index contributed by atoms with van der Waals surface area (Å²) in [6, 6.07) is 5.19. The number of hydrogen-bond acceptors (Lipinski definition) is 4. The van der Waals surface area contributed by atoms with Crippen LogP contribution in [0.4, 0.5) is 9.52 Å². The summed E-state index contributed by atoms with van der Waals surface area (Å²) in [5.41, 5.74) is 0.869. The maximum absolute atomic E-state index is 13.1. The first-order valence-corrected chi connectivity index (χ1v) is 7.03. The van der Waals surface area contributed by atoms with Crippen LogP contribution in [0.25, 0.3) is 10.2 Å². The molecule has 0 radical (unpaired) electrons. The SMILES string of the molecule is CN1CCCC(Nc2nc3ccc(F)cc3s2)C1. The molecule has 1 aliphatic rings. The van der Waals surface area contributed by atoms with Gasteiger partial charge in [0.25, 0.3) is 0 Å². The minimum absolute atomic E-state index is 0.199. The van der Waals surface area contributed by atoms with Crippen LogP contribution in [0, 0.1) is 5.82 Å². The van der Waals surface area contributed by atoms with E-state index in [-0.39, 0.29) is 5.82 Å². The van der Waals surface area contributed by atoms with E-state index in [2.05, 4.69) is 22.2 Å². The third-order valence-corrected chi connectivity index (χ3v) is 4.25. The molecule has 1 fully saturated rings. The van der Waals surface area contributed by atoms with Gasteiger partial charge in [0.15, 0.2) is 5.13 Å². The highest BCUT2D eigenvalue weighted by atomic mass is 32.1. The van der Waals surface area contributed by atoms with Crippen LogP contribution in [0.2, 0.25) is 0 Å². The van der Waals surface area contributed by atoms with E-state index in [1.54, 1.807) is 12.1 Å². The molecule has 0 spiro atoms. The lowest BCUT2D eigenvalue weighted by Crippen LogP contribution is -2.39. The lowest BCUT2D eigenvalue weighted by atomic mass is 10.1. The van der Waals surface area contributed by atoms with Gasteiger partial charge in [-0.25, -0.2) is 9.37 Å². The van der Waals surface area contributed by atoms with Crippen LogP contribution in [-0.2, 0) is 0 Å². The molecule has 1 saturated heterocycles. The van der Waals surface area contributed by atoms with Crippen LogP contribution in [0.1, 0.15) is 12.8 Å². The van der Waals surface area contributed by atoms with Crippen molar-refractivity contribution in [2.75, 3.05) is 25.5 Å². The number of likely N-dealkylation sites (N-methyl/N-ethyl adjacent to an activating group) is 1. The Labute approximate surface area is 110 Å². The van der Waals surface area contributed by atoms with Crippen LogP contribution >= 0.6 is 11.3 Å². The van der Waals surface area contributed by atoms with E-state index in [0.29, 0.717) is 6.04 Å². The molecular formula is C13H16FN3S. The van der Waals surface area contributed by atoms with Gasteiger partial charge in [-0.1, -0.05) is 11.3 Å². The van der Waals surface area contributed by atoms with Gasteiger partial charge in [-0.15, -0.1) is 0 Å². The van der Waals surface area contributed by atoms with E-state index in [1.165, 1.54) is 36.8 Å². The molecule has 2 heterocycles. The van der Waals surface area contributed by atoms with Crippen molar-refractivity contribution in [3.05, 3.63) is 24.0 Å². The quantitative estimate of drug-likeness (QED) is 0.905. The molecule has 5 heteroatoms. The fourth-order valence-corrected chi connectivity index (χ4v) is 3.39. The van der Waals surface area contributed by atoms with E-state index >= 15 is 0 Å². The summed E-state index contributed by atoms with van der Waals surface area (Å²) in [5.74, 6) is -0.199. The highest BCUT2D eigenvalue weighted by Crippen LogP contribution is 2.27. The van der Waals surface area contributed by atoms with Gasteiger partial charge >= 0.3 is 0 Å². The van der Waals surface area contributed by atoms with Crippen LogP contribution in [0.3, 0.4) is 0 Å². The average Bonchev–Trinajstić information content (AvgIpc) is 2.70. The molecule has 1 atom stereocenters. The summed E-state index contributed by atoms with van der Waals surface area (Å²) in [6.07, 6.45) is 2.39. The third-order valence-electron chi connectivity index (χ3n) is 3.30. The lowest BCUT2D eigenvalue weighted by molar-refractivity contribution is 0.261. The molecule has 1 unspecified atom stereocenters. The highest BCUT2D eigenvalue weighted by molar-refractivity contribution is 7.22. The topological polar surface area (TPSA) is 28.2 Å². The Kier molecular flexibility index (Phi) is 3.18. The number of benzene rings is 1. The number of piperidine rings is 1. The Morgan fingerprint density at radius 3 is 3.22 bits per heavy atom. The van der Waals surface area contributed by atoms with Gasteiger partial charge in [-0.3, -0.25) is 0 Å². The first-order chi connectivity index (χ1) is 8.70. The maximum atomic E-state index is 13.1. The van der Waals surface area contributed by atoms with Gasteiger partial charge in [0, 0.05) is 12.6 Å². The van der Waals surface area contributed by atoms with E-state index < -0.39 is 0 Å². The Bertz CT molecular complexity index is 554. The van der Waals surface area contributed by atoms with Crippen molar-refractivity contribution < 1.29 is 4.39 Å². The molecule has 1 aromatic heterocycles. The molecule has 2 aromatic rings. The zero-order valence-corrected chi connectivity index (χ0v) is 11.1. The second kappa shape index (κ2) is 4.82. The molecule has 0 bridgehead atoms. The number of nitrogens with one attached hydrogen (secondary N) is 1. The van der Waals surface area contributed by atoms with Crippen molar-refractivity contribution in [3.8, 4) is 0 Å². The molecule has 1 aromatic carbocycles. The van der Waals surface area contributed by atoms with Crippen LogP contribution in [-0.4, -0.2) is 36.1 Å². The number of anilines is 1. The van der Waals surface area contributed by atoms with Crippen molar-refractivity contribution in [1.29, 1.82) is 0 Å². The molecule has 1 N–H and O–H groups in total. The Morgan fingerprint density at radius 2 is 2.39 bits per heavy atom. The van der Waals surface area contributed by atoms with E-state index in [0.717, 1.165) is 21.9 Å². The minimum atomic E-state index is -0.199. The number of thiazole rings is 1. The lowest BCUT2D eigenvalue weighted by Gasteiger charge is -2.29. The number of aromatic nitrogens is 1. The number of rotatable bonds is 2. The number of hydrogen-bond donors (Lipinski definition) is 1. The van der Waals surface area contributed by atoms with Gasteiger partial charge in [-0.2, -0.15) is 0 Å². The monoisotopic (exact) mass is 265 g/mol. The average molecular weight is 265 g/mol. The molecular weight excluding hydrogens is 249 g/mol. The predicted octanol–water partition coefficient (Wildman–Crippen LogP) is 2.94. The third kappa shape index (κ3) is 2.47. The van der Waals surface area contributed by atoms with Crippen molar-refractivity contribution in [1.82, 2.24) is 9.88 Å². The number of likely N-dealkylation sites (tertiary alicyclic amines) is 1. The van der Waals surface area contributed by atoms with Gasteiger partial charge in [-0.05, 0) is 44.6 Å². The second-order valence-electron chi connectivity index (χ2n) is 4.88. The largest absolute Gasteiger partial charge is 0.357 e. The molecule has 18 heavy (non-hydrogen) atoms. The Hall–Kier alpha value is -1.20. The summed E-state index contributed by atoms with van der Waals surface area (Å²) >= 11 is 1.53. The van der Waals surface area contributed by atoms with Gasteiger partial charge in [0.05, 0.1) is 10.2 Å².